The van der Waals surface area contributed by atoms with Crippen LogP contribution in [0.5, 0.6) is 0 Å². The standard InChI is InChI=1S/C10H17NO2S/c1-2-14(12,13)11-8-6-10(7-9-11)4-3-5-10/h2H,1,3-9H2. The van der Waals surface area contributed by atoms with E-state index in [0.717, 1.165) is 18.2 Å². The normalized spacial score (nSPS) is 27.1. The van der Waals surface area contributed by atoms with Gasteiger partial charge in [0.15, 0.2) is 0 Å². The summed E-state index contributed by atoms with van der Waals surface area (Å²) in [7, 11) is -3.16. The molecule has 0 radical (unpaired) electrons. The highest BCUT2D eigenvalue weighted by Gasteiger charge is 2.41. The predicted molar refractivity (Wildman–Crippen MR) is 56.2 cm³/mol. The van der Waals surface area contributed by atoms with Crippen LogP contribution >= 0.6 is 0 Å². The zero-order valence-electron chi connectivity index (χ0n) is 8.41. The van der Waals surface area contributed by atoms with Crippen LogP contribution < -0.4 is 0 Å². The van der Waals surface area contributed by atoms with Gasteiger partial charge in [-0.2, -0.15) is 4.31 Å². The second-order valence-electron chi connectivity index (χ2n) is 4.46. The molecule has 2 fully saturated rings. The average Bonchev–Trinajstić information content (AvgIpc) is 2.16. The third-order valence-corrected chi connectivity index (χ3v) is 5.27. The fourth-order valence-electron chi connectivity index (χ4n) is 2.50. The molecule has 0 N–H and O–H groups in total. The lowest BCUT2D eigenvalue weighted by Gasteiger charge is -2.47. The highest BCUT2D eigenvalue weighted by molar-refractivity contribution is 7.92. The molecule has 2 aliphatic rings. The molecule has 0 aromatic heterocycles. The summed E-state index contributed by atoms with van der Waals surface area (Å²) in [5, 5.41) is 1.06. The lowest BCUT2D eigenvalue weighted by Crippen LogP contribution is -2.45. The van der Waals surface area contributed by atoms with Gasteiger partial charge < -0.3 is 0 Å². The molecule has 0 bridgehead atoms. The molecule has 1 saturated carbocycles. The Morgan fingerprint density at radius 3 is 2.07 bits per heavy atom. The van der Waals surface area contributed by atoms with Gasteiger partial charge in [-0.15, -0.1) is 0 Å². The van der Waals surface area contributed by atoms with E-state index in [9.17, 15) is 8.42 Å². The molecular weight excluding hydrogens is 198 g/mol. The summed E-state index contributed by atoms with van der Waals surface area (Å²) in [6.45, 7) is 4.73. The van der Waals surface area contributed by atoms with E-state index in [1.165, 1.54) is 19.3 Å². The van der Waals surface area contributed by atoms with Crippen LogP contribution in [0.4, 0.5) is 0 Å². The molecule has 0 amide bonds. The first-order chi connectivity index (χ1) is 6.58. The molecule has 1 spiro atoms. The molecular formula is C10H17NO2S. The van der Waals surface area contributed by atoms with Crippen LogP contribution in [0.3, 0.4) is 0 Å². The van der Waals surface area contributed by atoms with Gasteiger partial charge >= 0.3 is 0 Å². The van der Waals surface area contributed by atoms with E-state index in [4.69, 9.17) is 0 Å². The lowest BCUT2D eigenvalue weighted by molar-refractivity contribution is 0.0612. The Balaban J connectivity index is 1.99. The Morgan fingerprint density at radius 2 is 1.71 bits per heavy atom. The molecule has 4 heteroatoms. The maximum atomic E-state index is 11.5. The molecule has 0 aromatic rings. The molecule has 14 heavy (non-hydrogen) atoms. The molecule has 1 saturated heterocycles. The van der Waals surface area contributed by atoms with Gasteiger partial charge in [0.2, 0.25) is 10.0 Å². The molecule has 1 aliphatic carbocycles. The summed E-state index contributed by atoms with van der Waals surface area (Å²) in [5.74, 6) is 0. The molecule has 0 aromatic carbocycles. The van der Waals surface area contributed by atoms with E-state index in [-0.39, 0.29) is 0 Å². The van der Waals surface area contributed by atoms with Gasteiger partial charge in [0, 0.05) is 18.5 Å². The van der Waals surface area contributed by atoms with Crippen LogP contribution in [0.1, 0.15) is 32.1 Å². The summed E-state index contributed by atoms with van der Waals surface area (Å²) in [6, 6.07) is 0. The Kier molecular flexibility index (Phi) is 2.43. The summed E-state index contributed by atoms with van der Waals surface area (Å²) in [6.07, 6.45) is 6.01. The van der Waals surface area contributed by atoms with Crippen molar-refractivity contribution in [1.29, 1.82) is 0 Å². The van der Waals surface area contributed by atoms with Gasteiger partial charge in [-0.25, -0.2) is 8.42 Å². The molecule has 1 heterocycles. The van der Waals surface area contributed by atoms with Gasteiger partial charge in [0.25, 0.3) is 0 Å². The minimum absolute atomic E-state index is 0.507. The van der Waals surface area contributed by atoms with Crippen molar-refractivity contribution in [3.8, 4) is 0 Å². The number of rotatable bonds is 2. The van der Waals surface area contributed by atoms with Crippen molar-refractivity contribution in [2.45, 2.75) is 32.1 Å². The third kappa shape index (κ3) is 1.61. The van der Waals surface area contributed by atoms with Crippen LogP contribution in [-0.2, 0) is 10.0 Å². The van der Waals surface area contributed by atoms with E-state index < -0.39 is 10.0 Å². The SMILES string of the molecule is C=CS(=O)(=O)N1CCC2(CCC2)CC1. The number of nitrogens with zero attached hydrogens (tertiary/aromatic N) is 1. The second-order valence-corrected chi connectivity index (χ2v) is 6.34. The summed E-state index contributed by atoms with van der Waals surface area (Å²) < 4.78 is 24.5. The number of sulfonamides is 1. The second kappa shape index (κ2) is 3.35. The highest BCUT2D eigenvalue weighted by Crippen LogP contribution is 2.49. The van der Waals surface area contributed by atoms with Crippen molar-refractivity contribution in [3.63, 3.8) is 0 Å². The largest absolute Gasteiger partial charge is 0.235 e. The smallest absolute Gasteiger partial charge is 0.208 e. The minimum Gasteiger partial charge on any atom is -0.208 e. The minimum atomic E-state index is -3.16. The third-order valence-electron chi connectivity index (χ3n) is 3.77. The lowest BCUT2D eigenvalue weighted by atomic mass is 9.63. The maximum absolute atomic E-state index is 11.5. The summed E-state index contributed by atoms with van der Waals surface area (Å²) in [4.78, 5) is 0. The van der Waals surface area contributed by atoms with Gasteiger partial charge in [-0.3, -0.25) is 0 Å². The van der Waals surface area contributed by atoms with Crippen LogP contribution in [0.25, 0.3) is 0 Å². The molecule has 3 nitrogen and oxygen atoms in total. The van der Waals surface area contributed by atoms with Crippen molar-refractivity contribution < 1.29 is 8.42 Å². The van der Waals surface area contributed by atoms with Crippen LogP contribution in [0, 0.1) is 5.41 Å². The van der Waals surface area contributed by atoms with E-state index in [2.05, 4.69) is 6.58 Å². The van der Waals surface area contributed by atoms with Crippen LogP contribution in [0.2, 0.25) is 0 Å². The van der Waals surface area contributed by atoms with Gasteiger partial charge in [-0.05, 0) is 31.1 Å². The average molecular weight is 215 g/mol. The van der Waals surface area contributed by atoms with Crippen molar-refractivity contribution in [2.75, 3.05) is 13.1 Å². The van der Waals surface area contributed by atoms with Crippen molar-refractivity contribution >= 4 is 10.0 Å². The first kappa shape index (κ1) is 10.2. The number of piperidine rings is 1. The number of hydrogen-bond donors (Lipinski definition) is 0. The topological polar surface area (TPSA) is 37.4 Å². The highest BCUT2D eigenvalue weighted by atomic mass is 32.2. The van der Waals surface area contributed by atoms with Gasteiger partial charge in [0.1, 0.15) is 0 Å². The molecule has 0 atom stereocenters. The fraction of sp³-hybridized carbons (Fsp3) is 0.800. The van der Waals surface area contributed by atoms with Crippen molar-refractivity contribution in [3.05, 3.63) is 12.0 Å². The summed E-state index contributed by atoms with van der Waals surface area (Å²) in [5.41, 5.74) is 0.507. The van der Waals surface area contributed by atoms with E-state index in [1.807, 2.05) is 0 Å². The Hall–Kier alpha value is -0.350. The Morgan fingerprint density at radius 1 is 1.14 bits per heavy atom. The predicted octanol–water partition coefficient (Wildman–Crippen LogP) is 1.73. The zero-order valence-corrected chi connectivity index (χ0v) is 9.22. The molecule has 80 valence electrons. The fourth-order valence-corrected chi connectivity index (χ4v) is 3.40. The van der Waals surface area contributed by atoms with E-state index >= 15 is 0 Å². The first-order valence-corrected chi connectivity index (χ1v) is 6.71. The summed E-state index contributed by atoms with van der Waals surface area (Å²) >= 11 is 0. The molecule has 1 aliphatic heterocycles. The maximum Gasteiger partial charge on any atom is 0.235 e. The Labute approximate surface area is 85.8 Å². The zero-order chi connectivity index (χ0) is 10.2. The van der Waals surface area contributed by atoms with Crippen molar-refractivity contribution in [1.82, 2.24) is 4.31 Å². The van der Waals surface area contributed by atoms with Gasteiger partial charge in [-0.1, -0.05) is 13.0 Å². The monoisotopic (exact) mass is 215 g/mol. The van der Waals surface area contributed by atoms with Gasteiger partial charge in [0.05, 0.1) is 0 Å². The van der Waals surface area contributed by atoms with E-state index in [0.29, 0.717) is 18.5 Å². The first-order valence-electron chi connectivity index (χ1n) is 5.21. The van der Waals surface area contributed by atoms with Crippen LogP contribution in [0.15, 0.2) is 12.0 Å². The Bertz CT molecular complexity index is 320. The van der Waals surface area contributed by atoms with E-state index in [1.54, 1.807) is 4.31 Å². The molecule has 2 rings (SSSR count). The van der Waals surface area contributed by atoms with Crippen molar-refractivity contribution in [2.24, 2.45) is 5.41 Å². The number of hydrogen-bond acceptors (Lipinski definition) is 2. The van der Waals surface area contributed by atoms with Crippen LogP contribution in [-0.4, -0.2) is 25.8 Å². The molecule has 0 unspecified atom stereocenters. The quantitative estimate of drug-likeness (QED) is 0.703.